The number of hydrogen-bond acceptors (Lipinski definition) is 6. The molecule has 1 atom stereocenters. The number of carbonyl (C=O) groups excluding carboxylic acids is 1. The van der Waals surface area contributed by atoms with Gasteiger partial charge in [-0.1, -0.05) is 0 Å². The maximum absolute atomic E-state index is 11.4. The van der Waals surface area contributed by atoms with E-state index in [9.17, 15) is 4.79 Å². The van der Waals surface area contributed by atoms with Gasteiger partial charge in [0.2, 0.25) is 5.75 Å². The Hall–Kier alpha value is -1.95. The summed E-state index contributed by atoms with van der Waals surface area (Å²) < 4.78 is 20.6. The molecular formula is C14H21NO5. The first kappa shape index (κ1) is 16.1. The molecule has 1 aromatic carbocycles. The highest BCUT2D eigenvalue weighted by Gasteiger charge is 2.20. The molecule has 0 bridgehead atoms. The number of methoxy groups -OCH3 is 4. The molecule has 0 aliphatic rings. The lowest BCUT2D eigenvalue weighted by Gasteiger charge is -2.19. The molecule has 0 amide bonds. The third-order valence-electron chi connectivity index (χ3n) is 3.04. The number of nitrogens with one attached hydrogen (secondary N) is 1. The lowest BCUT2D eigenvalue weighted by molar-refractivity contribution is -0.141. The van der Waals surface area contributed by atoms with Gasteiger partial charge in [-0.3, -0.25) is 4.79 Å². The maximum Gasteiger partial charge on any atom is 0.307 e. The fourth-order valence-corrected chi connectivity index (χ4v) is 1.94. The second-order valence-electron chi connectivity index (χ2n) is 4.08. The van der Waals surface area contributed by atoms with E-state index in [4.69, 9.17) is 18.9 Å². The zero-order valence-corrected chi connectivity index (χ0v) is 12.5. The van der Waals surface area contributed by atoms with Gasteiger partial charge in [-0.05, 0) is 24.7 Å². The Bertz CT molecular complexity index is 436. The van der Waals surface area contributed by atoms with Gasteiger partial charge in [0, 0.05) is 6.04 Å². The number of benzene rings is 1. The standard InChI is InChI=1S/C14H21NO5/c1-15-10(8-13(16)19-4)9-6-11(17-2)14(20-5)12(7-9)18-3/h6-7,10,15H,8H2,1-5H3. The van der Waals surface area contributed by atoms with Crippen LogP contribution in [0.3, 0.4) is 0 Å². The molecule has 112 valence electrons. The second-order valence-corrected chi connectivity index (χ2v) is 4.08. The summed E-state index contributed by atoms with van der Waals surface area (Å²) in [6.07, 6.45) is 0.214. The van der Waals surface area contributed by atoms with Crippen LogP contribution in [0.4, 0.5) is 0 Å². The van der Waals surface area contributed by atoms with Crippen LogP contribution in [0.5, 0.6) is 17.2 Å². The third kappa shape index (κ3) is 3.54. The van der Waals surface area contributed by atoms with Crippen molar-refractivity contribution in [2.45, 2.75) is 12.5 Å². The monoisotopic (exact) mass is 283 g/mol. The molecule has 1 unspecified atom stereocenters. The van der Waals surface area contributed by atoms with Gasteiger partial charge in [-0.25, -0.2) is 0 Å². The van der Waals surface area contributed by atoms with Gasteiger partial charge in [-0.2, -0.15) is 0 Å². The zero-order chi connectivity index (χ0) is 15.1. The molecule has 0 spiro atoms. The summed E-state index contributed by atoms with van der Waals surface area (Å²) in [5.74, 6) is 1.32. The zero-order valence-electron chi connectivity index (χ0n) is 12.5. The minimum atomic E-state index is -0.293. The molecule has 1 rings (SSSR count). The van der Waals surface area contributed by atoms with Crippen molar-refractivity contribution in [3.63, 3.8) is 0 Å². The number of esters is 1. The number of ether oxygens (including phenoxy) is 4. The smallest absolute Gasteiger partial charge is 0.307 e. The molecule has 0 fully saturated rings. The van der Waals surface area contributed by atoms with Gasteiger partial charge < -0.3 is 24.3 Å². The molecule has 0 aliphatic heterocycles. The predicted octanol–water partition coefficient (Wildman–Crippen LogP) is 1.54. The predicted molar refractivity (Wildman–Crippen MR) is 74.5 cm³/mol. The topological polar surface area (TPSA) is 66.0 Å². The highest BCUT2D eigenvalue weighted by atomic mass is 16.5. The van der Waals surface area contributed by atoms with Crippen LogP contribution in [0.25, 0.3) is 0 Å². The fraction of sp³-hybridized carbons (Fsp3) is 0.500. The lowest BCUT2D eigenvalue weighted by Crippen LogP contribution is -2.20. The summed E-state index contributed by atoms with van der Waals surface area (Å²) in [7, 11) is 7.79. The summed E-state index contributed by atoms with van der Waals surface area (Å²) in [5, 5.41) is 3.07. The van der Waals surface area contributed by atoms with Gasteiger partial charge in [-0.15, -0.1) is 0 Å². The van der Waals surface area contributed by atoms with Gasteiger partial charge in [0.15, 0.2) is 11.5 Å². The first-order chi connectivity index (χ1) is 9.60. The Morgan fingerprint density at radius 2 is 1.65 bits per heavy atom. The highest BCUT2D eigenvalue weighted by Crippen LogP contribution is 2.40. The van der Waals surface area contributed by atoms with E-state index in [0.29, 0.717) is 17.2 Å². The molecule has 1 N–H and O–H groups in total. The minimum absolute atomic E-state index is 0.198. The normalized spacial score (nSPS) is 11.7. The first-order valence-electron chi connectivity index (χ1n) is 6.15. The quantitative estimate of drug-likeness (QED) is 0.766. The van der Waals surface area contributed by atoms with Gasteiger partial charge in [0.1, 0.15) is 0 Å². The molecule has 6 heteroatoms. The molecule has 0 saturated carbocycles. The van der Waals surface area contributed by atoms with E-state index in [2.05, 4.69) is 5.32 Å². The van der Waals surface area contributed by atoms with E-state index in [0.717, 1.165) is 5.56 Å². The molecule has 0 saturated heterocycles. The summed E-state index contributed by atoms with van der Waals surface area (Å²) in [6.45, 7) is 0. The van der Waals surface area contributed by atoms with Crippen LogP contribution in [0, 0.1) is 0 Å². The Morgan fingerprint density at radius 3 is 2.00 bits per heavy atom. The maximum atomic E-state index is 11.4. The number of carbonyl (C=O) groups is 1. The van der Waals surface area contributed by atoms with Crippen LogP contribution in [-0.2, 0) is 9.53 Å². The summed E-state index contributed by atoms with van der Waals surface area (Å²) in [6, 6.07) is 3.42. The van der Waals surface area contributed by atoms with Crippen LogP contribution in [0.2, 0.25) is 0 Å². The van der Waals surface area contributed by atoms with Crippen molar-refractivity contribution in [3.05, 3.63) is 17.7 Å². The van der Waals surface area contributed by atoms with Crippen molar-refractivity contribution in [3.8, 4) is 17.2 Å². The van der Waals surface area contributed by atoms with E-state index in [1.807, 2.05) is 12.1 Å². The van der Waals surface area contributed by atoms with Crippen LogP contribution in [-0.4, -0.2) is 41.5 Å². The number of rotatable bonds is 7. The van der Waals surface area contributed by atoms with Crippen LogP contribution < -0.4 is 19.5 Å². The third-order valence-corrected chi connectivity index (χ3v) is 3.04. The van der Waals surface area contributed by atoms with Crippen molar-refractivity contribution in [2.75, 3.05) is 35.5 Å². The Balaban J connectivity index is 3.19. The van der Waals surface area contributed by atoms with Crippen LogP contribution >= 0.6 is 0 Å². The molecule has 0 radical (unpaired) electrons. The molecule has 0 aliphatic carbocycles. The minimum Gasteiger partial charge on any atom is -0.493 e. The number of hydrogen-bond donors (Lipinski definition) is 1. The van der Waals surface area contributed by atoms with E-state index in [1.165, 1.54) is 7.11 Å². The Labute approximate surface area is 119 Å². The van der Waals surface area contributed by atoms with Crippen molar-refractivity contribution < 1.29 is 23.7 Å². The van der Waals surface area contributed by atoms with E-state index in [1.54, 1.807) is 28.4 Å². The van der Waals surface area contributed by atoms with Gasteiger partial charge in [0.05, 0.1) is 34.9 Å². The van der Waals surface area contributed by atoms with Gasteiger partial charge >= 0.3 is 5.97 Å². The SMILES string of the molecule is CNC(CC(=O)OC)c1cc(OC)c(OC)c(OC)c1. The summed E-state index contributed by atoms with van der Waals surface area (Å²) in [5.41, 5.74) is 0.854. The summed E-state index contributed by atoms with van der Waals surface area (Å²) in [4.78, 5) is 11.4. The molecule has 20 heavy (non-hydrogen) atoms. The molecule has 1 aromatic rings. The van der Waals surface area contributed by atoms with Crippen LogP contribution in [0.15, 0.2) is 12.1 Å². The fourth-order valence-electron chi connectivity index (χ4n) is 1.94. The molecule has 0 aromatic heterocycles. The Kier molecular flexibility index (Phi) is 6.11. The average Bonchev–Trinajstić information content (AvgIpc) is 2.50. The summed E-state index contributed by atoms with van der Waals surface area (Å²) >= 11 is 0. The Morgan fingerprint density at radius 1 is 1.10 bits per heavy atom. The first-order valence-corrected chi connectivity index (χ1v) is 6.15. The largest absolute Gasteiger partial charge is 0.493 e. The molecule has 0 heterocycles. The molecule has 6 nitrogen and oxygen atoms in total. The van der Waals surface area contributed by atoms with E-state index < -0.39 is 0 Å². The van der Waals surface area contributed by atoms with Crippen molar-refractivity contribution in [1.29, 1.82) is 0 Å². The van der Waals surface area contributed by atoms with E-state index >= 15 is 0 Å². The average molecular weight is 283 g/mol. The highest BCUT2D eigenvalue weighted by molar-refractivity contribution is 5.70. The van der Waals surface area contributed by atoms with Crippen molar-refractivity contribution >= 4 is 5.97 Å². The van der Waals surface area contributed by atoms with Crippen molar-refractivity contribution in [1.82, 2.24) is 5.32 Å². The van der Waals surface area contributed by atoms with Crippen molar-refractivity contribution in [2.24, 2.45) is 0 Å². The lowest BCUT2D eigenvalue weighted by atomic mass is 10.0. The van der Waals surface area contributed by atoms with E-state index in [-0.39, 0.29) is 18.4 Å². The van der Waals surface area contributed by atoms with Crippen LogP contribution in [0.1, 0.15) is 18.0 Å². The second kappa shape index (κ2) is 7.59. The molecular weight excluding hydrogens is 262 g/mol. The van der Waals surface area contributed by atoms with Gasteiger partial charge in [0.25, 0.3) is 0 Å².